The van der Waals surface area contributed by atoms with Crippen LogP contribution >= 0.6 is 20.0 Å². The molecule has 3 rings (SSSR count). The number of rotatable bonds is 3. The van der Waals surface area contributed by atoms with Crippen molar-refractivity contribution >= 4 is 36.3 Å². The summed E-state index contributed by atoms with van der Waals surface area (Å²) in [4.78, 5) is 39.2. The third-order valence-corrected chi connectivity index (χ3v) is 4.19. The number of H-pyrrole nitrogens is 1. The Morgan fingerprint density at radius 1 is 1.38 bits per heavy atom. The Bertz CT molecular complexity index is 892. The summed E-state index contributed by atoms with van der Waals surface area (Å²) in [6.07, 6.45) is -3.59. The van der Waals surface area contributed by atoms with Crippen molar-refractivity contribution in [3.05, 3.63) is 23.0 Å². The molecular weight excluding hydrogens is 367 g/mol. The first-order valence-electron chi connectivity index (χ1n) is 6.40. The number of hydrogen-bond donors (Lipinski definition) is 5. The fraction of sp³-hybridized carbons (Fsp3) is 0.400. The zero-order valence-corrected chi connectivity index (χ0v) is 13.3. The van der Waals surface area contributed by atoms with Crippen molar-refractivity contribution in [2.75, 3.05) is 0 Å². The van der Waals surface area contributed by atoms with Gasteiger partial charge in [0.2, 0.25) is 5.05 Å². The molecule has 14 heteroatoms. The van der Waals surface area contributed by atoms with E-state index in [0.717, 1.165) is 6.33 Å². The summed E-state index contributed by atoms with van der Waals surface area (Å²) in [5.74, 6) is 0. The van der Waals surface area contributed by atoms with Crippen LogP contribution in [0.25, 0.3) is 11.2 Å². The van der Waals surface area contributed by atoms with Gasteiger partial charge in [-0.25, -0.2) is 14.5 Å². The molecular formula is C10H11N4O8PS. The molecule has 4 atom stereocenters. The molecule has 1 saturated heterocycles. The average Bonchev–Trinajstić information content (AvgIpc) is 3.01. The number of nitrogens with zero attached hydrogens (tertiary/aromatic N) is 3. The highest BCUT2D eigenvalue weighted by atomic mass is 32.1. The second-order valence-electron chi connectivity index (χ2n) is 4.89. The van der Waals surface area contributed by atoms with Crippen LogP contribution in [0.3, 0.4) is 0 Å². The maximum atomic E-state index is 11.6. The number of fused-ring (bicyclic) bond motifs is 1. The van der Waals surface area contributed by atoms with E-state index in [1.54, 1.807) is 0 Å². The van der Waals surface area contributed by atoms with Crippen molar-refractivity contribution in [2.24, 2.45) is 0 Å². The molecule has 12 nitrogen and oxygen atoms in total. The largest absolute Gasteiger partial charge is 0.525 e. The highest BCUT2D eigenvalue weighted by Crippen LogP contribution is 2.39. The first-order valence-corrected chi connectivity index (χ1v) is 8.33. The maximum absolute atomic E-state index is 11.6. The minimum atomic E-state index is -4.94. The first-order chi connectivity index (χ1) is 11.2. The van der Waals surface area contributed by atoms with Crippen molar-refractivity contribution in [3.63, 3.8) is 0 Å². The molecule has 0 radical (unpaired) electrons. The Hall–Kier alpha value is -1.73. The molecule has 2 aromatic rings. The summed E-state index contributed by atoms with van der Waals surface area (Å²) < 4.78 is 21.6. The summed E-state index contributed by atoms with van der Waals surface area (Å²) in [6.45, 7) is 0. The molecule has 1 aliphatic heterocycles. The van der Waals surface area contributed by atoms with E-state index in [2.05, 4.69) is 31.7 Å². The summed E-state index contributed by atoms with van der Waals surface area (Å²) in [5.41, 5.74) is -0.443. The number of aromatic amines is 1. The van der Waals surface area contributed by atoms with Crippen LogP contribution in [0, 0.1) is 0 Å². The van der Waals surface area contributed by atoms with Crippen molar-refractivity contribution in [2.45, 2.75) is 24.5 Å². The monoisotopic (exact) mass is 378 g/mol. The number of aliphatic hydroxyl groups excluding tert-OH is 2. The molecule has 0 aromatic carbocycles. The van der Waals surface area contributed by atoms with Crippen molar-refractivity contribution in [1.82, 2.24) is 19.5 Å². The van der Waals surface area contributed by atoms with Gasteiger partial charge in [-0.3, -0.25) is 19.1 Å². The number of aliphatic hydroxyl groups is 2. The predicted molar refractivity (Wildman–Crippen MR) is 79.8 cm³/mol. The molecule has 3 heterocycles. The fourth-order valence-corrected chi connectivity index (χ4v) is 3.13. The van der Waals surface area contributed by atoms with Crippen LogP contribution in [-0.4, -0.2) is 62.9 Å². The maximum Gasteiger partial charge on any atom is 0.525 e. The van der Waals surface area contributed by atoms with Crippen LogP contribution in [0.2, 0.25) is 0 Å². The Balaban J connectivity index is 1.92. The van der Waals surface area contributed by atoms with Crippen LogP contribution in [0.15, 0.2) is 17.4 Å². The quantitative estimate of drug-likeness (QED) is 0.299. The van der Waals surface area contributed by atoms with Crippen LogP contribution in [-0.2, 0) is 13.8 Å². The van der Waals surface area contributed by atoms with Gasteiger partial charge in [-0.2, -0.15) is 0 Å². The molecule has 0 spiro atoms. The number of nitrogens with one attached hydrogen (secondary N) is 1. The molecule has 0 unspecified atom stereocenters. The lowest BCUT2D eigenvalue weighted by molar-refractivity contribution is -0.0231. The zero-order chi connectivity index (χ0) is 17.6. The Labute approximate surface area is 137 Å². The standard InChI is InChI=1S/C10H11N4O8PS/c15-4-5(16)9(21-6(4)10(24)22-23(18,19)20)14-2-13-3-7(14)11-1-12-8(3)17/h1-2,4-6,9,15-16H,(H,11,12,17)(H2,18,19,20)/t4-,5+,6-,9+/m0/s1. The summed E-state index contributed by atoms with van der Waals surface area (Å²) in [5, 5.41) is 19.4. The predicted octanol–water partition coefficient (Wildman–Crippen LogP) is -1.82. The lowest BCUT2D eigenvalue weighted by Crippen LogP contribution is -2.36. The molecule has 0 amide bonds. The van der Waals surface area contributed by atoms with Gasteiger partial charge in [0.25, 0.3) is 5.56 Å². The van der Waals surface area contributed by atoms with Crippen LogP contribution in [0.4, 0.5) is 0 Å². The fourth-order valence-electron chi connectivity index (χ4n) is 2.30. The molecule has 24 heavy (non-hydrogen) atoms. The van der Waals surface area contributed by atoms with E-state index in [9.17, 15) is 19.6 Å². The minimum Gasteiger partial charge on any atom is -0.394 e. The third-order valence-electron chi connectivity index (χ3n) is 3.32. The number of thiocarbonyl (C=S) groups is 1. The van der Waals surface area contributed by atoms with Gasteiger partial charge < -0.3 is 24.5 Å². The number of phosphoric acid groups is 1. The van der Waals surface area contributed by atoms with Gasteiger partial charge in [-0.15, -0.1) is 0 Å². The highest BCUT2D eigenvalue weighted by Gasteiger charge is 2.48. The van der Waals surface area contributed by atoms with Gasteiger partial charge in [0.05, 0.1) is 12.7 Å². The SMILES string of the molecule is O=c1[nH]cnc2c1ncn2[C@@H]1O[C@H](C(=S)OP(=O)(O)O)[C@@H](O)[C@H]1O. The van der Waals surface area contributed by atoms with Gasteiger partial charge in [0.15, 0.2) is 23.5 Å². The highest BCUT2D eigenvalue weighted by molar-refractivity contribution is 7.80. The third kappa shape index (κ3) is 2.98. The number of hydrogen-bond acceptors (Lipinski definition) is 9. The number of phosphoric ester groups is 1. The number of imidazole rings is 1. The molecule has 0 saturated carbocycles. The second-order valence-corrected chi connectivity index (χ2v) is 6.45. The van der Waals surface area contributed by atoms with E-state index < -0.39 is 43.0 Å². The lowest BCUT2D eigenvalue weighted by atomic mass is 10.1. The number of ether oxygens (including phenoxy) is 1. The minimum absolute atomic E-state index is 0.0136. The van der Waals surface area contributed by atoms with E-state index in [4.69, 9.17) is 14.5 Å². The van der Waals surface area contributed by atoms with E-state index in [1.807, 2.05) is 0 Å². The Kier molecular flexibility index (Phi) is 4.25. The zero-order valence-electron chi connectivity index (χ0n) is 11.6. The average molecular weight is 378 g/mol. The van der Waals surface area contributed by atoms with Crippen molar-refractivity contribution < 1.29 is 33.8 Å². The summed E-state index contributed by atoms with van der Waals surface area (Å²) in [7, 11) is -4.94. The van der Waals surface area contributed by atoms with E-state index in [1.165, 1.54) is 10.9 Å². The summed E-state index contributed by atoms with van der Waals surface area (Å²) in [6, 6.07) is 0. The van der Waals surface area contributed by atoms with Crippen molar-refractivity contribution in [1.29, 1.82) is 0 Å². The molecule has 2 aromatic heterocycles. The van der Waals surface area contributed by atoms with Crippen molar-refractivity contribution in [3.8, 4) is 0 Å². The molecule has 1 aliphatic rings. The van der Waals surface area contributed by atoms with E-state index >= 15 is 0 Å². The lowest BCUT2D eigenvalue weighted by Gasteiger charge is -2.16. The summed E-state index contributed by atoms with van der Waals surface area (Å²) >= 11 is 4.68. The van der Waals surface area contributed by atoms with E-state index in [0.29, 0.717) is 0 Å². The number of aromatic nitrogens is 4. The first kappa shape index (κ1) is 17.1. The topological polar surface area (TPSA) is 180 Å². The molecule has 130 valence electrons. The van der Waals surface area contributed by atoms with Gasteiger partial charge >= 0.3 is 7.82 Å². The molecule has 0 aliphatic carbocycles. The van der Waals surface area contributed by atoms with Crippen LogP contribution < -0.4 is 5.56 Å². The Morgan fingerprint density at radius 2 is 2.08 bits per heavy atom. The van der Waals surface area contributed by atoms with Crippen LogP contribution in [0.5, 0.6) is 0 Å². The second kappa shape index (κ2) is 5.97. The van der Waals surface area contributed by atoms with Gasteiger partial charge in [0.1, 0.15) is 12.2 Å². The smallest absolute Gasteiger partial charge is 0.394 e. The van der Waals surface area contributed by atoms with E-state index in [-0.39, 0.29) is 11.2 Å². The molecule has 0 bridgehead atoms. The van der Waals surface area contributed by atoms with Crippen LogP contribution in [0.1, 0.15) is 6.23 Å². The molecule has 1 fully saturated rings. The normalized spacial score (nSPS) is 27.5. The Morgan fingerprint density at radius 3 is 2.75 bits per heavy atom. The molecule has 5 N–H and O–H groups in total. The van der Waals surface area contributed by atoms with Gasteiger partial charge in [0, 0.05) is 0 Å². The van der Waals surface area contributed by atoms with Gasteiger partial charge in [-0.05, 0) is 12.2 Å². The van der Waals surface area contributed by atoms with Gasteiger partial charge in [-0.1, -0.05) is 0 Å².